The number of hydrogen-bond donors (Lipinski definition) is 1. The lowest BCUT2D eigenvalue weighted by atomic mass is 10.1. The molecular formula is C19H17FN6O. The molecule has 2 aromatic carbocycles. The van der Waals surface area contributed by atoms with Crippen LogP contribution in [-0.2, 0) is 13.1 Å². The lowest BCUT2D eigenvalue weighted by Crippen LogP contribution is -2.11. The molecule has 0 radical (unpaired) electrons. The maximum Gasteiger partial charge on any atom is 0.166 e. The first-order chi connectivity index (χ1) is 13.2. The number of nitrogens with zero attached hydrogens (tertiary/aromatic N) is 6. The summed E-state index contributed by atoms with van der Waals surface area (Å²) < 4.78 is 16.8. The van der Waals surface area contributed by atoms with E-state index in [4.69, 9.17) is 0 Å². The molecular weight excluding hydrogens is 347 g/mol. The summed E-state index contributed by atoms with van der Waals surface area (Å²) in [6, 6.07) is 13.9. The Bertz CT molecular complexity index is 1010. The molecule has 136 valence electrons. The molecule has 2 heterocycles. The molecule has 7 nitrogen and oxygen atoms in total. The molecule has 1 N–H and O–H groups in total. The third kappa shape index (κ3) is 3.90. The summed E-state index contributed by atoms with van der Waals surface area (Å²) >= 11 is 0. The molecule has 4 aromatic rings. The van der Waals surface area contributed by atoms with Crippen molar-refractivity contribution in [3.8, 4) is 0 Å². The van der Waals surface area contributed by atoms with Gasteiger partial charge in [0.05, 0.1) is 13.1 Å². The van der Waals surface area contributed by atoms with E-state index in [0.717, 1.165) is 11.1 Å². The summed E-state index contributed by atoms with van der Waals surface area (Å²) in [5, 5.41) is 22.7. The van der Waals surface area contributed by atoms with Crippen molar-refractivity contribution < 1.29 is 9.50 Å². The van der Waals surface area contributed by atoms with Crippen molar-refractivity contribution >= 4 is 0 Å². The molecule has 0 spiro atoms. The Morgan fingerprint density at radius 1 is 1.00 bits per heavy atom. The molecule has 0 aliphatic heterocycles. The first kappa shape index (κ1) is 17.0. The molecule has 0 aliphatic carbocycles. The van der Waals surface area contributed by atoms with Gasteiger partial charge in [-0.05, 0) is 28.8 Å². The smallest absolute Gasteiger partial charge is 0.166 e. The standard InChI is InChI=1S/C19H17FN6O/c20-17-3-1-2-15(8-17)9-25-13-22-24-19(25)18(27)16-6-4-14(5-7-16)10-26-12-21-11-23-26/h1-8,11-13,18,27H,9-10H2. The number of aromatic nitrogens is 6. The van der Waals surface area contributed by atoms with Crippen LogP contribution in [-0.4, -0.2) is 34.6 Å². The van der Waals surface area contributed by atoms with Gasteiger partial charge in [-0.1, -0.05) is 36.4 Å². The van der Waals surface area contributed by atoms with E-state index in [-0.39, 0.29) is 5.82 Å². The number of aliphatic hydroxyl groups is 1. The van der Waals surface area contributed by atoms with Crippen LogP contribution < -0.4 is 0 Å². The summed E-state index contributed by atoms with van der Waals surface area (Å²) in [6.07, 6.45) is 3.74. The molecule has 0 saturated carbocycles. The number of halogens is 1. The SMILES string of the molecule is OC(c1ccc(Cn2cncn2)cc1)c1nncn1Cc1cccc(F)c1. The first-order valence-corrected chi connectivity index (χ1v) is 8.40. The summed E-state index contributed by atoms with van der Waals surface area (Å²) in [7, 11) is 0. The van der Waals surface area contributed by atoms with Gasteiger partial charge in [-0.3, -0.25) is 0 Å². The van der Waals surface area contributed by atoms with E-state index in [1.54, 1.807) is 21.6 Å². The Kier molecular flexibility index (Phi) is 4.71. The van der Waals surface area contributed by atoms with E-state index in [9.17, 15) is 9.50 Å². The van der Waals surface area contributed by atoms with Gasteiger partial charge >= 0.3 is 0 Å². The summed E-state index contributed by atoms with van der Waals surface area (Å²) in [4.78, 5) is 3.92. The Morgan fingerprint density at radius 2 is 1.85 bits per heavy atom. The second-order valence-corrected chi connectivity index (χ2v) is 6.18. The molecule has 0 bridgehead atoms. The van der Waals surface area contributed by atoms with Crippen LogP contribution in [0.25, 0.3) is 0 Å². The minimum absolute atomic E-state index is 0.300. The van der Waals surface area contributed by atoms with Gasteiger partial charge in [-0.15, -0.1) is 10.2 Å². The van der Waals surface area contributed by atoms with Crippen LogP contribution >= 0.6 is 0 Å². The lowest BCUT2D eigenvalue weighted by Gasteiger charge is -2.13. The van der Waals surface area contributed by atoms with Gasteiger partial charge in [0.1, 0.15) is 30.9 Å². The van der Waals surface area contributed by atoms with Crippen molar-refractivity contribution in [1.29, 1.82) is 0 Å². The number of aliphatic hydroxyl groups excluding tert-OH is 1. The van der Waals surface area contributed by atoms with E-state index in [0.29, 0.717) is 24.5 Å². The fourth-order valence-corrected chi connectivity index (χ4v) is 2.89. The quantitative estimate of drug-likeness (QED) is 0.567. The van der Waals surface area contributed by atoms with Gasteiger partial charge in [-0.2, -0.15) is 5.10 Å². The van der Waals surface area contributed by atoms with Crippen LogP contribution in [0.4, 0.5) is 4.39 Å². The average molecular weight is 364 g/mol. The predicted octanol–water partition coefficient (Wildman–Crippen LogP) is 2.19. The minimum atomic E-state index is -0.929. The van der Waals surface area contributed by atoms with E-state index < -0.39 is 6.10 Å². The van der Waals surface area contributed by atoms with Crippen LogP contribution in [0.1, 0.15) is 28.6 Å². The van der Waals surface area contributed by atoms with Gasteiger partial charge < -0.3 is 9.67 Å². The highest BCUT2D eigenvalue weighted by Gasteiger charge is 2.17. The largest absolute Gasteiger partial charge is 0.380 e. The van der Waals surface area contributed by atoms with E-state index in [2.05, 4.69) is 20.3 Å². The summed E-state index contributed by atoms with van der Waals surface area (Å²) in [5.74, 6) is 0.105. The minimum Gasteiger partial charge on any atom is -0.380 e. The molecule has 8 heteroatoms. The van der Waals surface area contributed by atoms with Gasteiger partial charge in [0, 0.05) is 0 Å². The zero-order valence-electron chi connectivity index (χ0n) is 14.4. The fourth-order valence-electron chi connectivity index (χ4n) is 2.89. The number of hydrogen-bond acceptors (Lipinski definition) is 5. The zero-order valence-corrected chi connectivity index (χ0v) is 14.4. The van der Waals surface area contributed by atoms with Crippen molar-refractivity contribution in [1.82, 2.24) is 29.5 Å². The Labute approximate surface area is 154 Å². The van der Waals surface area contributed by atoms with Crippen LogP contribution in [0.15, 0.2) is 67.5 Å². The van der Waals surface area contributed by atoms with Crippen molar-refractivity contribution in [2.24, 2.45) is 0 Å². The average Bonchev–Trinajstić information content (AvgIpc) is 3.34. The maximum absolute atomic E-state index is 13.4. The van der Waals surface area contributed by atoms with Crippen molar-refractivity contribution in [3.63, 3.8) is 0 Å². The second kappa shape index (κ2) is 7.46. The number of rotatable bonds is 6. The maximum atomic E-state index is 13.4. The Balaban J connectivity index is 1.51. The van der Waals surface area contributed by atoms with E-state index >= 15 is 0 Å². The highest BCUT2D eigenvalue weighted by Crippen LogP contribution is 2.21. The third-order valence-electron chi connectivity index (χ3n) is 4.24. The van der Waals surface area contributed by atoms with Gasteiger partial charge in [0.25, 0.3) is 0 Å². The predicted molar refractivity (Wildman–Crippen MR) is 95.2 cm³/mol. The van der Waals surface area contributed by atoms with Gasteiger partial charge in [0.15, 0.2) is 5.82 Å². The topological polar surface area (TPSA) is 81.7 Å². The fraction of sp³-hybridized carbons (Fsp3) is 0.158. The third-order valence-corrected chi connectivity index (χ3v) is 4.24. The molecule has 2 aromatic heterocycles. The van der Waals surface area contributed by atoms with Crippen molar-refractivity contribution in [2.45, 2.75) is 19.2 Å². The van der Waals surface area contributed by atoms with Crippen molar-refractivity contribution in [2.75, 3.05) is 0 Å². The normalized spacial score (nSPS) is 12.2. The Morgan fingerprint density at radius 3 is 2.59 bits per heavy atom. The highest BCUT2D eigenvalue weighted by atomic mass is 19.1. The Hall–Kier alpha value is -3.39. The van der Waals surface area contributed by atoms with Gasteiger partial charge in [0.2, 0.25) is 0 Å². The molecule has 1 atom stereocenters. The summed E-state index contributed by atoms with van der Waals surface area (Å²) in [6.45, 7) is 0.980. The molecule has 27 heavy (non-hydrogen) atoms. The molecule has 1 unspecified atom stereocenters. The van der Waals surface area contributed by atoms with E-state index in [1.807, 2.05) is 30.3 Å². The molecule has 0 amide bonds. The van der Waals surface area contributed by atoms with Crippen LogP contribution in [0.3, 0.4) is 0 Å². The molecule has 0 saturated heterocycles. The van der Waals surface area contributed by atoms with E-state index in [1.165, 1.54) is 24.8 Å². The number of benzene rings is 2. The molecule has 0 aliphatic rings. The van der Waals surface area contributed by atoms with Gasteiger partial charge in [-0.25, -0.2) is 14.1 Å². The zero-order chi connectivity index (χ0) is 18.6. The lowest BCUT2D eigenvalue weighted by molar-refractivity contribution is 0.204. The summed E-state index contributed by atoms with van der Waals surface area (Å²) in [5.41, 5.74) is 2.51. The highest BCUT2D eigenvalue weighted by molar-refractivity contribution is 5.28. The van der Waals surface area contributed by atoms with Crippen LogP contribution in [0, 0.1) is 5.82 Å². The monoisotopic (exact) mass is 364 g/mol. The van der Waals surface area contributed by atoms with Crippen molar-refractivity contribution in [3.05, 3.63) is 95.8 Å². The first-order valence-electron chi connectivity index (χ1n) is 8.40. The molecule has 4 rings (SSSR count). The molecule has 0 fully saturated rings. The second-order valence-electron chi connectivity index (χ2n) is 6.18. The van der Waals surface area contributed by atoms with Crippen LogP contribution in [0.2, 0.25) is 0 Å². The van der Waals surface area contributed by atoms with Crippen LogP contribution in [0.5, 0.6) is 0 Å².